The minimum Gasteiger partial charge on any atom is -0.383 e. The molecule has 3 heteroatoms. The fraction of sp³-hybridized carbons (Fsp3) is 0.444. The van der Waals surface area contributed by atoms with E-state index in [9.17, 15) is 0 Å². The predicted molar refractivity (Wildman–Crippen MR) is 134 cm³/mol. The zero-order chi connectivity index (χ0) is 22.3. The lowest BCUT2D eigenvalue weighted by Crippen LogP contribution is -2.09. The molecule has 2 rings (SSSR count). The number of aliphatic imine (C=N–C) groups is 1. The van der Waals surface area contributed by atoms with Crippen LogP contribution in [0.4, 0.5) is 11.4 Å². The van der Waals surface area contributed by atoms with Gasteiger partial charge in [-0.15, -0.1) is 0 Å². The number of benzene rings is 2. The van der Waals surface area contributed by atoms with Gasteiger partial charge in [-0.3, -0.25) is 4.99 Å². The molecule has 0 fully saturated rings. The third kappa shape index (κ3) is 6.48. The summed E-state index contributed by atoms with van der Waals surface area (Å²) in [5.74, 6) is 0.953. The molecule has 0 bridgehead atoms. The molecule has 0 aromatic heterocycles. The van der Waals surface area contributed by atoms with Gasteiger partial charge in [0.2, 0.25) is 0 Å². The molecule has 0 atom stereocenters. The van der Waals surface area contributed by atoms with Crippen LogP contribution in [0.15, 0.2) is 53.2 Å². The SMILES string of the molecule is CC(/C=C(\C)Nc1c(C(C)C)cccc1C(C)C)=NCCNc1c(C)cccc1C. The van der Waals surface area contributed by atoms with Crippen LogP contribution >= 0.6 is 0 Å². The Morgan fingerprint density at radius 2 is 1.40 bits per heavy atom. The molecule has 2 aromatic rings. The predicted octanol–water partition coefficient (Wildman–Crippen LogP) is 7.44. The monoisotopic (exact) mass is 405 g/mol. The van der Waals surface area contributed by atoms with E-state index < -0.39 is 0 Å². The summed E-state index contributed by atoms with van der Waals surface area (Å²) in [4.78, 5) is 4.73. The minimum absolute atomic E-state index is 0.477. The van der Waals surface area contributed by atoms with Crippen molar-refractivity contribution in [2.75, 3.05) is 23.7 Å². The van der Waals surface area contributed by atoms with Crippen molar-refractivity contribution in [1.29, 1.82) is 0 Å². The maximum absolute atomic E-state index is 4.73. The summed E-state index contributed by atoms with van der Waals surface area (Å²) in [5, 5.41) is 7.19. The summed E-state index contributed by atoms with van der Waals surface area (Å²) in [7, 11) is 0. The van der Waals surface area contributed by atoms with Gasteiger partial charge in [-0.05, 0) is 67.9 Å². The van der Waals surface area contributed by atoms with Crippen LogP contribution in [0.25, 0.3) is 0 Å². The highest BCUT2D eigenvalue weighted by molar-refractivity contribution is 5.93. The summed E-state index contributed by atoms with van der Waals surface area (Å²) >= 11 is 0. The molecule has 0 saturated heterocycles. The second-order valence-electron chi connectivity index (χ2n) is 8.79. The number of anilines is 2. The Balaban J connectivity index is 2.05. The largest absolute Gasteiger partial charge is 0.383 e. The highest BCUT2D eigenvalue weighted by atomic mass is 14.9. The smallest absolute Gasteiger partial charge is 0.0565 e. The van der Waals surface area contributed by atoms with Gasteiger partial charge in [-0.1, -0.05) is 64.1 Å². The maximum Gasteiger partial charge on any atom is 0.0565 e. The molecule has 0 amide bonds. The van der Waals surface area contributed by atoms with Crippen LogP contribution < -0.4 is 10.6 Å². The molecule has 0 aliphatic heterocycles. The number of hydrogen-bond donors (Lipinski definition) is 2. The van der Waals surface area contributed by atoms with Crippen LogP contribution in [-0.2, 0) is 0 Å². The summed E-state index contributed by atoms with van der Waals surface area (Å²) in [6.45, 7) is 19.1. The molecule has 0 saturated carbocycles. The van der Waals surface area contributed by atoms with E-state index in [1.807, 2.05) is 0 Å². The number of para-hydroxylation sites is 2. The van der Waals surface area contributed by atoms with E-state index in [4.69, 9.17) is 4.99 Å². The molecule has 162 valence electrons. The highest BCUT2D eigenvalue weighted by Gasteiger charge is 2.13. The van der Waals surface area contributed by atoms with Crippen molar-refractivity contribution in [3.8, 4) is 0 Å². The number of nitrogens with zero attached hydrogens (tertiary/aromatic N) is 1. The second-order valence-corrected chi connectivity index (χ2v) is 8.79. The molecule has 0 spiro atoms. The fourth-order valence-electron chi connectivity index (χ4n) is 3.79. The summed E-state index contributed by atoms with van der Waals surface area (Å²) in [6, 6.07) is 13.0. The Hall–Kier alpha value is -2.55. The molecule has 2 N–H and O–H groups in total. The quantitative estimate of drug-likeness (QED) is 0.336. The first-order chi connectivity index (χ1) is 14.2. The zero-order valence-electron chi connectivity index (χ0n) is 20.1. The lowest BCUT2D eigenvalue weighted by Gasteiger charge is -2.21. The van der Waals surface area contributed by atoms with Gasteiger partial charge in [0, 0.05) is 29.3 Å². The summed E-state index contributed by atoms with van der Waals surface area (Å²) < 4.78 is 0. The number of nitrogens with one attached hydrogen (secondary N) is 2. The van der Waals surface area contributed by atoms with Gasteiger partial charge < -0.3 is 10.6 Å². The molecular formula is C27H39N3. The van der Waals surface area contributed by atoms with E-state index in [-0.39, 0.29) is 0 Å². The molecule has 2 aromatic carbocycles. The van der Waals surface area contributed by atoms with Crippen LogP contribution in [-0.4, -0.2) is 18.8 Å². The van der Waals surface area contributed by atoms with Gasteiger partial charge in [-0.25, -0.2) is 0 Å². The Morgan fingerprint density at radius 3 is 1.93 bits per heavy atom. The molecule has 0 radical (unpaired) electrons. The molecule has 30 heavy (non-hydrogen) atoms. The molecule has 0 unspecified atom stereocenters. The van der Waals surface area contributed by atoms with E-state index in [0.717, 1.165) is 24.5 Å². The van der Waals surface area contributed by atoms with E-state index in [1.54, 1.807) is 0 Å². The van der Waals surface area contributed by atoms with E-state index in [1.165, 1.54) is 33.6 Å². The zero-order valence-corrected chi connectivity index (χ0v) is 20.1. The van der Waals surface area contributed by atoms with Gasteiger partial charge in [0.05, 0.1) is 6.54 Å². The average molecular weight is 406 g/mol. The van der Waals surface area contributed by atoms with Crippen LogP contribution in [0.5, 0.6) is 0 Å². The van der Waals surface area contributed by atoms with Crippen molar-refractivity contribution in [2.24, 2.45) is 4.99 Å². The Kier molecular flexibility index (Phi) is 8.71. The Labute approximate surface area is 183 Å². The van der Waals surface area contributed by atoms with E-state index in [0.29, 0.717) is 11.8 Å². The first-order valence-corrected chi connectivity index (χ1v) is 11.1. The first kappa shape index (κ1) is 23.7. The third-order valence-corrected chi connectivity index (χ3v) is 5.38. The molecule has 0 aliphatic rings. The van der Waals surface area contributed by atoms with Crippen LogP contribution in [0.1, 0.15) is 75.6 Å². The maximum atomic E-state index is 4.73. The lowest BCUT2D eigenvalue weighted by molar-refractivity contribution is 0.837. The first-order valence-electron chi connectivity index (χ1n) is 11.1. The highest BCUT2D eigenvalue weighted by Crippen LogP contribution is 2.33. The van der Waals surface area contributed by atoms with Gasteiger partial charge in [0.15, 0.2) is 0 Å². The van der Waals surface area contributed by atoms with Crippen molar-refractivity contribution >= 4 is 17.1 Å². The van der Waals surface area contributed by atoms with Crippen molar-refractivity contribution < 1.29 is 0 Å². The number of rotatable bonds is 9. The lowest BCUT2D eigenvalue weighted by atomic mass is 9.92. The van der Waals surface area contributed by atoms with E-state index in [2.05, 4.69) is 108 Å². The number of allylic oxidation sites excluding steroid dienone is 2. The number of aryl methyl sites for hydroxylation is 2. The molecule has 0 aliphatic carbocycles. The normalized spacial score (nSPS) is 12.6. The second kappa shape index (κ2) is 11.0. The topological polar surface area (TPSA) is 36.4 Å². The van der Waals surface area contributed by atoms with Gasteiger partial charge >= 0.3 is 0 Å². The molecule has 0 heterocycles. The minimum atomic E-state index is 0.477. The van der Waals surface area contributed by atoms with Crippen LogP contribution in [0.3, 0.4) is 0 Å². The summed E-state index contributed by atoms with van der Waals surface area (Å²) in [6.07, 6.45) is 2.14. The molecule has 3 nitrogen and oxygen atoms in total. The number of hydrogen-bond acceptors (Lipinski definition) is 3. The third-order valence-electron chi connectivity index (χ3n) is 5.38. The van der Waals surface area contributed by atoms with Crippen molar-refractivity contribution in [2.45, 2.75) is 67.2 Å². The fourth-order valence-corrected chi connectivity index (χ4v) is 3.79. The standard InChI is InChI=1S/C27H39N3/c1-18(2)24-13-10-14-25(19(3)4)27(24)30-23(8)17-22(7)28-15-16-29-26-20(5)11-9-12-21(26)6/h9-14,17-19,29-30H,15-16H2,1-8H3/b23-17+,28-22?. The van der Waals surface area contributed by atoms with Crippen molar-refractivity contribution in [3.63, 3.8) is 0 Å². The van der Waals surface area contributed by atoms with Crippen molar-refractivity contribution in [3.05, 3.63) is 70.4 Å². The van der Waals surface area contributed by atoms with Gasteiger partial charge in [0.1, 0.15) is 0 Å². The average Bonchev–Trinajstić information content (AvgIpc) is 2.66. The Morgan fingerprint density at radius 1 is 0.867 bits per heavy atom. The van der Waals surface area contributed by atoms with Crippen molar-refractivity contribution in [1.82, 2.24) is 0 Å². The van der Waals surface area contributed by atoms with Gasteiger partial charge in [0.25, 0.3) is 0 Å². The van der Waals surface area contributed by atoms with E-state index >= 15 is 0 Å². The molecular weight excluding hydrogens is 366 g/mol. The Bertz CT molecular complexity index is 858. The van der Waals surface area contributed by atoms with Crippen LogP contribution in [0, 0.1) is 13.8 Å². The van der Waals surface area contributed by atoms with Gasteiger partial charge in [-0.2, -0.15) is 0 Å². The summed E-state index contributed by atoms with van der Waals surface area (Å²) in [5.41, 5.74) is 9.92. The van der Waals surface area contributed by atoms with Crippen LogP contribution in [0.2, 0.25) is 0 Å².